The average Bonchev–Trinajstić information content (AvgIpc) is 2.75. The van der Waals surface area contributed by atoms with E-state index in [1.165, 1.54) is 0 Å². The van der Waals surface area contributed by atoms with E-state index >= 15 is 0 Å². The van der Waals surface area contributed by atoms with Gasteiger partial charge in [-0.15, -0.1) is 0 Å². The molecule has 29 heavy (non-hydrogen) atoms. The molecule has 3 aromatic carbocycles. The number of aryl methyl sites for hydroxylation is 1. The first kappa shape index (κ1) is 20.1. The van der Waals surface area contributed by atoms with Crippen LogP contribution in [0.15, 0.2) is 66.7 Å². The molecule has 0 heterocycles. The van der Waals surface area contributed by atoms with Gasteiger partial charge >= 0.3 is 0 Å². The third kappa shape index (κ3) is 5.65. The van der Waals surface area contributed by atoms with Gasteiger partial charge in [0.15, 0.2) is 6.61 Å². The quantitative estimate of drug-likeness (QED) is 0.578. The summed E-state index contributed by atoms with van der Waals surface area (Å²) in [5, 5.41) is 6.11. The lowest BCUT2D eigenvalue weighted by atomic mass is 10.2. The van der Waals surface area contributed by atoms with Gasteiger partial charge in [-0.1, -0.05) is 17.7 Å². The summed E-state index contributed by atoms with van der Waals surface area (Å²) < 4.78 is 16.1. The van der Waals surface area contributed by atoms with Crippen LogP contribution in [0.2, 0.25) is 0 Å². The largest absolute Gasteiger partial charge is 0.497 e. The highest BCUT2D eigenvalue weighted by molar-refractivity contribution is 5.92. The Hall–Kier alpha value is -3.67. The van der Waals surface area contributed by atoms with Crippen LogP contribution in [0.4, 0.5) is 17.1 Å². The van der Waals surface area contributed by atoms with E-state index in [0.29, 0.717) is 17.2 Å². The molecule has 0 saturated carbocycles. The van der Waals surface area contributed by atoms with Gasteiger partial charge in [-0.05, 0) is 55.5 Å². The molecule has 0 aliphatic heterocycles. The van der Waals surface area contributed by atoms with Crippen LogP contribution in [0.3, 0.4) is 0 Å². The monoisotopic (exact) mass is 392 g/mol. The van der Waals surface area contributed by atoms with Crippen LogP contribution in [0.5, 0.6) is 17.2 Å². The van der Waals surface area contributed by atoms with Crippen LogP contribution < -0.4 is 24.8 Å². The molecule has 0 atom stereocenters. The predicted molar refractivity (Wildman–Crippen MR) is 115 cm³/mol. The first-order chi connectivity index (χ1) is 14.1. The lowest BCUT2D eigenvalue weighted by Crippen LogP contribution is -2.20. The number of ether oxygens (including phenoxy) is 3. The van der Waals surface area contributed by atoms with Gasteiger partial charge in [0.1, 0.15) is 17.2 Å². The fourth-order valence-electron chi connectivity index (χ4n) is 2.67. The highest BCUT2D eigenvalue weighted by Crippen LogP contribution is 2.31. The number of anilines is 3. The number of amides is 1. The number of nitrogens with one attached hydrogen (secondary N) is 2. The van der Waals surface area contributed by atoms with Crippen molar-refractivity contribution in [1.82, 2.24) is 0 Å². The van der Waals surface area contributed by atoms with Crippen molar-refractivity contribution in [2.75, 3.05) is 31.5 Å². The summed E-state index contributed by atoms with van der Waals surface area (Å²) in [6.07, 6.45) is 0. The highest BCUT2D eigenvalue weighted by Gasteiger charge is 2.07. The molecule has 0 aliphatic rings. The van der Waals surface area contributed by atoms with Crippen LogP contribution in [-0.2, 0) is 4.79 Å². The third-order valence-corrected chi connectivity index (χ3v) is 4.25. The highest BCUT2D eigenvalue weighted by atomic mass is 16.5. The van der Waals surface area contributed by atoms with Gasteiger partial charge in [0.2, 0.25) is 0 Å². The summed E-state index contributed by atoms with van der Waals surface area (Å²) in [7, 11) is 3.22. The summed E-state index contributed by atoms with van der Waals surface area (Å²) >= 11 is 0. The molecule has 0 unspecified atom stereocenters. The average molecular weight is 392 g/mol. The van der Waals surface area contributed by atoms with Gasteiger partial charge in [0, 0.05) is 17.4 Å². The van der Waals surface area contributed by atoms with Gasteiger partial charge in [-0.25, -0.2) is 0 Å². The van der Waals surface area contributed by atoms with Crippen molar-refractivity contribution in [3.05, 3.63) is 72.3 Å². The van der Waals surface area contributed by atoms with E-state index in [-0.39, 0.29) is 12.5 Å². The van der Waals surface area contributed by atoms with Crippen LogP contribution in [0.25, 0.3) is 0 Å². The minimum Gasteiger partial charge on any atom is -0.497 e. The van der Waals surface area contributed by atoms with E-state index in [4.69, 9.17) is 14.2 Å². The Balaban J connectivity index is 1.56. The van der Waals surface area contributed by atoms with E-state index in [9.17, 15) is 4.79 Å². The Morgan fingerprint density at radius 1 is 0.828 bits per heavy atom. The zero-order valence-corrected chi connectivity index (χ0v) is 16.7. The standard InChI is InChI=1S/C23H24N2O4/c1-16-4-10-19(11-5-16)29-15-23(26)25-18-8-6-17(7-9-18)24-21-13-12-20(27-2)14-22(21)28-3/h4-14,24H,15H2,1-3H3,(H,25,26). The maximum Gasteiger partial charge on any atom is 0.262 e. The van der Waals surface area contributed by atoms with Gasteiger partial charge in [0.05, 0.1) is 19.9 Å². The molecule has 0 bridgehead atoms. The second-order valence-corrected chi connectivity index (χ2v) is 6.42. The Bertz CT molecular complexity index is 954. The Morgan fingerprint density at radius 3 is 2.14 bits per heavy atom. The SMILES string of the molecule is COc1ccc(Nc2ccc(NC(=O)COc3ccc(C)cc3)cc2)c(OC)c1. The van der Waals surface area contributed by atoms with Crippen molar-refractivity contribution >= 4 is 23.0 Å². The summed E-state index contributed by atoms with van der Waals surface area (Å²) in [6, 6.07) is 20.5. The maximum atomic E-state index is 12.1. The second-order valence-electron chi connectivity index (χ2n) is 6.42. The van der Waals surface area contributed by atoms with Gasteiger partial charge in [-0.2, -0.15) is 0 Å². The predicted octanol–water partition coefficient (Wildman–Crippen LogP) is 4.77. The van der Waals surface area contributed by atoms with E-state index in [0.717, 1.165) is 22.7 Å². The van der Waals surface area contributed by atoms with Crippen molar-refractivity contribution in [2.45, 2.75) is 6.92 Å². The molecule has 3 aromatic rings. The van der Waals surface area contributed by atoms with E-state index < -0.39 is 0 Å². The summed E-state index contributed by atoms with van der Waals surface area (Å²) in [6.45, 7) is 1.95. The molecule has 0 fully saturated rings. The first-order valence-electron chi connectivity index (χ1n) is 9.16. The normalized spacial score (nSPS) is 10.2. The van der Waals surface area contributed by atoms with Crippen LogP contribution >= 0.6 is 0 Å². The number of carbonyl (C=O) groups is 1. The van der Waals surface area contributed by atoms with Gasteiger partial charge in [0.25, 0.3) is 5.91 Å². The fourth-order valence-corrected chi connectivity index (χ4v) is 2.67. The lowest BCUT2D eigenvalue weighted by molar-refractivity contribution is -0.118. The minimum atomic E-state index is -0.219. The Kier molecular flexibility index (Phi) is 6.58. The molecule has 6 heteroatoms. The number of rotatable bonds is 8. The molecule has 3 rings (SSSR count). The molecule has 150 valence electrons. The molecule has 0 spiro atoms. The van der Waals surface area contributed by atoms with Crippen molar-refractivity contribution in [3.63, 3.8) is 0 Å². The minimum absolute atomic E-state index is 0.0495. The first-order valence-corrected chi connectivity index (χ1v) is 9.16. The van der Waals surface area contributed by atoms with E-state index in [2.05, 4.69) is 10.6 Å². The summed E-state index contributed by atoms with van der Waals surface area (Å²) in [5.41, 5.74) is 3.51. The smallest absolute Gasteiger partial charge is 0.262 e. The topological polar surface area (TPSA) is 68.8 Å². The number of carbonyl (C=O) groups excluding carboxylic acids is 1. The van der Waals surface area contributed by atoms with Crippen LogP contribution in [0.1, 0.15) is 5.56 Å². The third-order valence-electron chi connectivity index (χ3n) is 4.25. The number of hydrogen-bond donors (Lipinski definition) is 2. The lowest BCUT2D eigenvalue weighted by Gasteiger charge is -2.13. The summed E-state index contributed by atoms with van der Waals surface area (Å²) in [4.78, 5) is 12.1. The zero-order chi connectivity index (χ0) is 20.6. The molecule has 1 amide bonds. The van der Waals surface area contributed by atoms with Gasteiger partial charge in [-0.3, -0.25) is 4.79 Å². The van der Waals surface area contributed by atoms with Crippen LogP contribution in [0, 0.1) is 6.92 Å². The number of methoxy groups -OCH3 is 2. The van der Waals surface area contributed by atoms with Crippen molar-refractivity contribution < 1.29 is 19.0 Å². The van der Waals surface area contributed by atoms with Crippen molar-refractivity contribution in [3.8, 4) is 17.2 Å². The Morgan fingerprint density at radius 2 is 1.48 bits per heavy atom. The molecule has 2 N–H and O–H groups in total. The molecule has 6 nitrogen and oxygen atoms in total. The molecule has 0 radical (unpaired) electrons. The second kappa shape index (κ2) is 9.50. The number of hydrogen-bond acceptors (Lipinski definition) is 5. The summed E-state index contributed by atoms with van der Waals surface area (Å²) in [5.74, 6) is 1.84. The molecular formula is C23H24N2O4. The Labute approximate surface area is 170 Å². The van der Waals surface area contributed by atoms with Gasteiger partial charge < -0.3 is 24.8 Å². The maximum absolute atomic E-state index is 12.1. The van der Waals surface area contributed by atoms with Crippen LogP contribution in [-0.4, -0.2) is 26.7 Å². The molecule has 0 aliphatic carbocycles. The molecule has 0 saturated heterocycles. The van der Waals surface area contributed by atoms with E-state index in [1.807, 2.05) is 73.7 Å². The fraction of sp³-hybridized carbons (Fsp3) is 0.174. The van der Waals surface area contributed by atoms with Crippen molar-refractivity contribution in [1.29, 1.82) is 0 Å². The number of benzene rings is 3. The molecular weight excluding hydrogens is 368 g/mol. The van der Waals surface area contributed by atoms with E-state index in [1.54, 1.807) is 14.2 Å². The molecule has 0 aromatic heterocycles. The zero-order valence-electron chi connectivity index (χ0n) is 16.7. The van der Waals surface area contributed by atoms with Crippen molar-refractivity contribution in [2.24, 2.45) is 0 Å².